The third-order valence-corrected chi connectivity index (χ3v) is 6.88. The van der Waals surface area contributed by atoms with Gasteiger partial charge in [0.25, 0.3) is 10.0 Å². The van der Waals surface area contributed by atoms with Gasteiger partial charge in [-0.3, -0.25) is 4.72 Å². The zero-order valence-corrected chi connectivity index (χ0v) is 19.9. The van der Waals surface area contributed by atoms with Gasteiger partial charge in [0.2, 0.25) is 0 Å². The van der Waals surface area contributed by atoms with Gasteiger partial charge in [-0.1, -0.05) is 35.9 Å². The number of carbonyl (C=O) groups is 1. The summed E-state index contributed by atoms with van der Waals surface area (Å²) in [4.78, 5) is 11.8. The van der Waals surface area contributed by atoms with Crippen LogP contribution in [0.1, 0.15) is 27.3 Å². The molecule has 0 amide bonds. The molecule has 2 aromatic carbocycles. The van der Waals surface area contributed by atoms with E-state index in [4.69, 9.17) is 4.74 Å². The minimum atomic E-state index is -4.00. The Hall–Kier alpha value is -4.05. The van der Waals surface area contributed by atoms with Crippen molar-refractivity contribution in [1.82, 2.24) is 20.0 Å². The second kappa shape index (κ2) is 9.06. The monoisotopic (exact) mass is 477 g/mol. The maximum Gasteiger partial charge on any atom is 0.337 e. The van der Waals surface area contributed by atoms with E-state index in [1.54, 1.807) is 32.0 Å². The first-order valence-electron chi connectivity index (χ1n) is 10.4. The van der Waals surface area contributed by atoms with Crippen molar-refractivity contribution in [3.8, 4) is 17.1 Å². The maximum atomic E-state index is 13.2. The second-order valence-corrected chi connectivity index (χ2v) is 9.35. The van der Waals surface area contributed by atoms with Crippen molar-refractivity contribution in [2.24, 2.45) is 0 Å². The van der Waals surface area contributed by atoms with Crippen LogP contribution in [0.3, 0.4) is 0 Å². The summed E-state index contributed by atoms with van der Waals surface area (Å²) in [5.74, 6) is -0.167. The average molecular weight is 478 g/mol. The molecule has 0 radical (unpaired) electrons. The van der Waals surface area contributed by atoms with E-state index in [-0.39, 0.29) is 16.1 Å². The van der Waals surface area contributed by atoms with Gasteiger partial charge in [0.1, 0.15) is 4.90 Å². The lowest BCUT2D eigenvalue weighted by atomic mass is 10.1. The zero-order valence-electron chi connectivity index (χ0n) is 19.1. The van der Waals surface area contributed by atoms with E-state index in [2.05, 4.69) is 20.0 Å². The third-order valence-electron chi connectivity index (χ3n) is 5.24. The molecule has 0 aliphatic carbocycles. The van der Waals surface area contributed by atoms with E-state index in [0.29, 0.717) is 22.9 Å². The Morgan fingerprint density at radius 3 is 2.35 bits per heavy atom. The third kappa shape index (κ3) is 4.53. The summed E-state index contributed by atoms with van der Waals surface area (Å²) >= 11 is 0. The highest BCUT2D eigenvalue weighted by atomic mass is 32.2. The quantitative estimate of drug-likeness (QED) is 0.419. The van der Waals surface area contributed by atoms with Gasteiger partial charge in [0, 0.05) is 11.3 Å². The molecule has 174 valence electrons. The summed E-state index contributed by atoms with van der Waals surface area (Å²) in [7, 11) is -2.74. The fraction of sp³-hybridized carbons (Fsp3) is 0.167. The molecule has 10 heteroatoms. The van der Waals surface area contributed by atoms with Crippen molar-refractivity contribution >= 4 is 21.7 Å². The van der Waals surface area contributed by atoms with E-state index in [9.17, 15) is 13.2 Å². The van der Waals surface area contributed by atoms with Crippen LogP contribution in [0.4, 0.5) is 5.69 Å². The number of anilines is 1. The van der Waals surface area contributed by atoms with Crippen LogP contribution in [-0.2, 0) is 14.8 Å². The molecule has 34 heavy (non-hydrogen) atoms. The number of nitrogens with zero attached hydrogens (tertiary/aromatic N) is 4. The van der Waals surface area contributed by atoms with Crippen LogP contribution in [0.15, 0.2) is 65.6 Å². The fourth-order valence-electron chi connectivity index (χ4n) is 3.59. The Balaban J connectivity index is 1.64. The first-order chi connectivity index (χ1) is 16.2. The molecule has 9 nitrogen and oxygen atoms in total. The molecule has 0 unspecified atom stereocenters. The summed E-state index contributed by atoms with van der Waals surface area (Å²) in [6.07, 6.45) is 0. The smallest absolute Gasteiger partial charge is 0.337 e. The molecule has 4 aromatic rings. The number of aryl methyl sites for hydroxylation is 2. The minimum absolute atomic E-state index is 0.0281. The maximum absolute atomic E-state index is 13.2. The van der Waals surface area contributed by atoms with Crippen molar-refractivity contribution < 1.29 is 17.9 Å². The van der Waals surface area contributed by atoms with Gasteiger partial charge in [0.05, 0.1) is 29.8 Å². The largest absolute Gasteiger partial charge is 0.465 e. The molecule has 0 saturated carbocycles. The molecule has 0 aliphatic rings. The number of hydrogen-bond acceptors (Lipinski definition) is 7. The fourth-order valence-corrected chi connectivity index (χ4v) is 5.03. The van der Waals surface area contributed by atoms with Crippen LogP contribution in [0.5, 0.6) is 0 Å². The minimum Gasteiger partial charge on any atom is -0.465 e. The van der Waals surface area contributed by atoms with E-state index in [1.807, 2.05) is 37.3 Å². The molecule has 0 atom stereocenters. The Kier molecular flexibility index (Phi) is 6.16. The molecule has 1 N–H and O–H groups in total. The van der Waals surface area contributed by atoms with Crippen LogP contribution >= 0.6 is 0 Å². The van der Waals surface area contributed by atoms with Crippen LogP contribution < -0.4 is 4.72 Å². The SMILES string of the molecule is COC(=O)c1cccc(NS(=O)(=O)c2c(C)nn(-c3ccc(-c4ccc(C)cc4)nn3)c2C)c1. The number of carbonyl (C=O) groups excluding carboxylic acids is 1. The van der Waals surface area contributed by atoms with E-state index < -0.39 is 16.0 Å². The van der Waals surface area contributed by atoms with Gasteiger partial charge < -0.3 is 4.74 Å². The van der Waals surface area contributed by atoms with Crippen molar-refractivity contribution in [3.63, 3.8) is 0 Å². The summed E-state index contributed by atoms with van der Waals surface area (Å²) in [5.41, 5.74) is 3.93. The molecular formula is C24H23N5O4S. The normalized spacial score (nSPS) is 11.3. The van der Waals surface area contributed by atoms with Crippen molar-refractivity contribution in [3.05, 3.63) is 83.2 Å². The number of hydrogen-bond donors (Lipinski definition) is 1. The highest BCUT2D eigenvalue weighted by molar-refractivity contribution is 7.92. The molecule has 0 spiro atoms. The molecular weight excluding hydrogens is 454 g/mol. The lowest BCUT2D eigenvalue weighted by molar-refractivity contribution is 0.0600. The standard InChI is InChI=1S/C24H23N5O4S/c1-15-8-10-18(11-9-15)21-12-13-22(26-25-21)29-17(3)23(16(2)27-29)34(31,32)28-20-7-5-6-19(14-20)24(30)33-4/h5-14,28H,1-4H3. The number of aromatic nitrogens is 4. The Bertz CT molecular complexity index is 1460. The molecule has 0 saturated heterocycles. The van der Waals surface area contributed by atoms with Crippen LogP contribution in [0.2, 0.25) is 0 Å². The van der Waals surface area contributed by atoms with Crippen LogP contribution in [-0.4, -0.2) is 41.5 Å². The van der Waals surface area contributed by atoms with Crippen LogP contribution in [0.25, 0.3) is 17.1 Å². The summed E-state index contributed by atoms with van der Waals surface area (Å²) < 4.78 is 35.0. The van der Waals surface area contributed by atoms with Crippen molar-refractivity contribution in [2.45, 2.75) is 25.7 Å². The predicted molar refractivity (Wildman–Crippen MR) is 127 cm³/mol. The summed E-state index contributed by atoms with van der Waals surface area (Å²) in [6.45, 7) is 5.27. The molecule has 4 rings (SSSR count). The Morgan fingerprint density at radius 1 is 0.971 bits per heavy atom. The Labute approximate surface area is 197 Å². The number of nitrogens with one attached hydrogen (secondary N) is 1. The number of ether oxygens (including phenoxy) is 1. The predicted octanol–water partition coefficient (Wildman–Crippen LogP) is 3.84. The second-order valence-electron chi connectivity index (χ2n) is 7.73. The number of sulfonamides is 1. The number of methoxy groups -OCH3 is 1. The zero-order chi connectivity index (χ0) is 24.5. The topological polar surface area (TPSA) is 116 Å². The number of benzene rings is 2. The van der Waals surface area contributed by atoms with Gasteiger partial charge in [-0.2, -0.15) is 5.10 Å². The van der Waals surface area contributed by atoms with E-state index >= 15 is 0 Å². The lowest BCUT2D eigenvalue weighted by Crippen LogP contribution is -2.15. The van der Waals surface area contributed by atoms with Gasteiger partial charge >= 0.3 is 5.97 Å². The molecule has 2 heterocycles. The first kappa shape index (κ1) is 23.1. The highest BCUT2D eigenvalue weighted by Gasteiger charge is 2.26. The number of esters is 1. The van der Waals surface area contributed by atoms with E-state index in [0.717, 1.165) is 11.1 Å². The van der Waals surface area contributed by atoms with E-state index in [1.165, 1.54) is 23.9 Å². The van der Waals surface area contributed by atoms with Crippen molar-refractivity contribution in [2.75, 3.05) is 11.8 Å². The molecule has 2 aromatic heterocycles. The van der Waals surface area contributed by atoms with Gasteiger partial charge in [-0.25, -0.2) is 17.9 Å². The van der Waals surface area contributed by atoms with Crippen LogP contribution in [0, 0.1) is 20.8 Å². The highest BCUT2D eigenvalue weighted by Crippen LogP contribution is 2.25. The average Bonchev–Trinajstić information content (AvgIpc) is 3.13. The van der Waals surface area contributed by atoms with Gasteiger partial charge in [-0.05, 0) is 51.1 Å². The van der Waals surface area contributed by atoms with Gasteiger partial charge in [0.15, 0.2) is 5.82 Å². The van der Waals surface area contributed by atoms with Gasteiger partial charge in [-0.15, -0.1) is 10.2 Å². The summed E-state index contributed by atoms with van der Waals surface area (Å²) in [5, 5.41) is 12.9. The molecule has 0 aliphatic heterocycles. The Morgan fingerprint density at radius 2 is 1.71 bits per heavy atom. The summed E-state index contributed by atoms with van der Waals surface area (Å²) in [6, 6.07) is 17.5. The molecule has 0 bridgehead atoms. The number of rotatable bonds is 6. The molecule has 0 fully saturated rings. The van der Waals surface area contributed by atoms with Crippen molar-refractivity contribution in [1.29, 1.82) is 0 Å². The lowest BCUT2D eigenvalue weighted by Gasteiger charge is -2.10. The first-order valence-corrected chi connectivity index (χ1v) is 11.9.